The zero-order chi connectivity index (χ0) is 23.3. The molecule has 0 spiro atoms. The summed E-state index contributed by atoms with van der Waals surface area (Å²) in [5.41, 5.74) is 2.29. The summed E-state index contributed by atoms with van der Waals surface area (Å²) in [6, 6.07) is 7.83. The second-order valence-electron chi connectivity index (χ2n) is 9.67. The van der Waals surface area contributed by atoms with Crippen LogP contribution < -0.4 is 0 Å². The van der Waals surface area contributed by atoms with E-state index in [0.29, 0.717) is 13.0 Å². The van der Waals surface area contributed by atoms with Crippen LogP contribution in [0, 0.1) is 11.8 Å². The van der Waals surface area contributed by atoms with Gasteiger partial charge in [-0.1, -0.05) is 37.3 Å². The molecule has 5 rings (SSSR count). The molecule has 1 aromatic heterocycles. The van der Waals surface area contributed by atoms with Crippen LogP contribution in [0.1, 0.15) is 49.6 Å². The van der Waals surface area contributed by atoms with Crippen molar-refractivity contribution < 1.29 is 19.4 Å². The van der Waals surface area contributed by atoms with Crippen LogP contribution in [0.2, 0.25) is 0 Å². The molecule has 174 valence electrons. The number of hydrogen-bond acceptors (Lipinski definition) is 6. The Hall–Kier alpha value is -2.77. The molecule has 0 saturated carbocycles. The van der Waals surface area contributed by atoms with Gasteiger partial charge in [-0.2, -0.15) is 0 Å². The Balaban J connectivity index is 1.55. The number of pyridine rings is 1. The first-order chi connectivity index (χ1) is 15.8. The van der Waals surface area contributed by atoms with Crippen molar-refractivity contribution in [1.29, 1.82) is 0 Å². The van der Waals surface area contributed by atoms with Crippen molar-refractivity contribution in [2.24, 2.45) is 11.8 Å². The molecule has 7 nitrogen and oxygen atoms in total. The van der Waals surface area contributed by atoms with E-state index in [1.54, 1.807) is 0 Å². The van der Waals surface area contributed by atoms with Crippen LogP contribution in [0.15, 0.2) is 30.3 Å². The lowest BCUT2D eigenvalue weighted by molar-refractivity contribution is -0.198. The minimum atomic E-state index is -1.67. The SMILES string of the molecule is CCN(C)CC/C=C/c1c2c(nc3ccccc13)C1CC3C(COC(=O)[C@@]3(C)O)C(=O)N1C2. The lowest BCUT2D eigenvalue weighted by atomic mass is 9.70. The van der Waals surface area contributed by atoms with E-state index in [1.165, 1.54) is 6.92 Å². The first-order valence-electron chi connectivity index (χ1n) is 11.8. The number of piperidine rings is 1. The predicted molar refractivity (Wildman–Crippen MR) is 125 cm³/mol. The summed E-state index contributed by atoms with van der Waals surface area (Å²) in [5.74, 6) is -1.70. The van der Waals surface area contributed by atoms with Gasteiger partial charge in [0.25, 0.3) is 0 Å². The summed E-state index contributed by atoms with van der Waals surface area (Å²) >= 11 is 0. The highest BCUT2D eigenvalue weighted by molar-refractivity contribution is 5.92. The molecule has 7 heteroatoms. The maximum Gasteiger partial charge on any atom is 0.338 e. The number of aliphatic hydroxyl groups is 1. The van der Waals surface area contributed by atoms with Crippen molar-refractivity contribution in [2.45, 2.75) is 44.9 Å². The van der Waals surface area contributed by atoms with Gasteiger partial charge in [0.2, 0.25) is 5.91 Å². The zero-order valence-corrected chi connectivity index (χ0v) is 19.5. The Labute approximate surface area is 194 Å². The van der Waals surface area contributed by atoms with E-state index in [0.717, 1.165) is 47.2 Å². The number of cyclic esters (lactones) is 1. The highest BCUT2D eigenvalue weighted by Crippen LogP contribution is 2.50. The summed E-state index contributed by atoms with van der Waals surface area (Å²) in [6.45, 7) is 6.14. The molecular formula is C26H31N3O4. The average Bonchev–Trinajstić information content (AvgIpc) is 3.17. The summed E-state index contributed by atoms with van der Waals surface area (Å²) in [5, 5.41) is 12.0. The van der Waals surface area contributed by atoms with Crippen LogP contribution in [0.4, 0.5) is 0 Å². The van der Waals surface area contributed by atoms with Gasteiger partial charge in [0.15, 0.2) is 5.60 Å². The van der Waals surface area contributed by atoms with Crippen molar-refractivity contribution in [3.8, 4) is 0 Å². The number of rotatable bonds is 5. The van der Waals surface area contributed by atoms with E-state index in [-0.39, 0.29) is 18.6 Å². The molecule has 3 aliphatic rings. The number of fused-ring (bicyclic) bond motifs is 5. The lowest BCUT2D eigenvalue weighted by Gasteiger charge is -2.47. The molecule has 3 aliphatic heterocycles. The Morgan fingerprint density at radius 1 is 1.33 bits per heavy atom. The van der Waals surface area contributed by atoms with Crippen LogP contribution >= 0.6 is 0 Å². The van der Waals surface area contributed by atoms with Gasteiger partial charge in [0.05, 0.1) is 23.2 Å². The van der Waals surface area contributed by atoms with Gasteiger partial charge < -0.3 is 19.6 Å². The summed E-state index contributed by atoms with van der Waals surface area (Å²) in [4.78, 5) is 34.8. The van der Waals surface area contributed by atoms with E-state index >= 15 is 0 Å². The minimum Gasteiger partial charge on any atom is -0.463 e. The summed E-state index contributed by atoms with van der Waals surface area (Å²) in [6.07, 6.45) is 5.81. The fourth-order valence-electron chi connectivity index (χ4n) is 5.54. The molecule has 0 aliphatic carbocycles. The standard InChI is InChI=1S/C26H31N3O4/c1-4-28(3)12-8-7-9-16-17-10-5-6-11-21(17)27-23-18(16)14-29-22(23)13-20-19(24(29)30)15-33-25(31)26(20,2)32/h5-7,9-11,19-20,22,32H,4,8,12-15H2,1-3H3/b9-7+/t19?,20?,22?,26-/m0/s1. The van der Waals surface area contributed by atoms with Crippen LogP contribution in [-0.2, 0) is 20.9 Å². The van der Waals surface area contributed by atoms with E-state index in [1.807, 2.05) is 23.1 Å². The van der Waals surface area contributed by atoms with Crippen molar-refractivity contribution in [3.05, 3.63) is 47.2 Å². The number of para-hydroxylation sites is 1. The Morgan fingerprint density at radius 2 is 2.12 bits per heavy atom. The van der Waals surface area contributed by atoms with Gasteiger partial charge in [-0.15, -0.1) is 0 Å². The largest absolute Gasteiger partial charge is 0.463 e. The highest BCUT2D eigenvalue weighted by atomic mass is 16.6. The van der Waals surface area contributed by atoms with E-state index in [4.69, 9.17) is 9.72 Å². The van der Waals surface area contributed by atoms with E-state index < -0.39 is 23.4 Å². The van der Waals surface area contributed by atoms with Crippen LogP contribution in [0.5, 0.6) is 0 Å². The molecule has 0 bridgehead atoms. The lowest BCUT2D eigenvalue weighted by Crippen LogP contribution is -2.60. The van der Waals surface area contributed by atoms with Crippen molar-refractivity contribution in [1.82, 2.24) is 14.8 Å². The fraction of sp³-hybridized carbons (Fsp3) is 0.500. The number of benzene rings is 1. The van der Waals surface area contributed by atoms with Gasteiger partial charge in [-0.05, 0) is 45.0 Å². The van der Waals surface area contributed by atoms with Crippen molar-refractivity contribution >= 4 is 28.9 Å². The number of hydrogen-bond donors (Lipinski definition) is 1. The molecule has 3 unspecified atom stereocenters. The zero-order valence-electron chi connectivity index (χ0n) is 19.5. The topological polar surface area (TPSA) is 83.0 Å². The maximum atomic E-state index is 13.4. The Kier molecular flexibility index (Phi) is 5.49. The number of nitrogens with zero attached hydrogens (tertiary/aromatic N) is 3. The minimum absolute atomic E-state index is 0.0329. The third kappa shape index (κ3) is 3.54. The molecule has 33 heavy (non-hydrogen) atoms. The number of aromatic nitrogens is 1. The molecular weight excluding hydrogens is 418 g/mol. The fourth-order valence-corrected chi connectivity index (χ4v) is 5.54. The average molecular weight is 450 g/mol. The third-order valence-corrected chi connectivity index (χ3v) is 7.68. The smallest absolute Gasteiger partial charge is 0.338 e. The number of ether oxygens (including phenoxy) is 1. The first kappa shape index (κ1) is 22.0. The maximum absolute atomic E-state index is 13.4. The monoisotopic (exact) mass is 449 g/mol. The van der Waals surface area contributed by atoms with Crippen molar-refractivity contribution in [3.63, 3.8) is 0 Å². The van der Waals surface area contributed by atoms with Crippen LogP contribution in [-0.4, -0.2) is 64.1 Å². The van der Waals surface area contributed by atoms with Crippen molar-refractivity contribution in [2.75, 3.05) is 26.7 Å². The molecule has 1 N–H and O–H groups in total. The van der Waals surface area contributed by atoms with E-state index in [2.05, 4.69) is 37.1 Å². The molecule has 4 atom stereocenters. The number of amides is 1. The molecule has 0 radical (unpaired) electrons. The number of carbonyl (C=O) groups excluding carboxylic acids is 2. The molecule has 4 heterocycles. The quantitative estimate of drug-likeness (QED) is 0.707. The van der Waals surface area contributed by atoms with Gasteiger partial charge in [0, 0.05) is 30.0 Å². The summed E-state index contributed by atoms with van der Waals surface area (Å²) < 4.78 is 5.17. The molecule has 2 aromatic rings. The first-order valence-corrected chi connectivity index (χ1v) is 11.8. The predicted octanol–water partition coefficient (Wildman–Crippen LogP) is 2.92. The Morgan fingerprint density at radius 3 is 2.91 bits per heavy atom. The second-order valence-corrected chi connectivity index (χ2v) is 9.67. The highest BCUT2D eigenvalue weighted by Gasteiger charge is 2.58. The third-order valence-electron chi connectivity index (χ3n) is 7.68. The molecule has 2 fully saturated rings. The molecule has 1 amide bonds. The van der Waals surface area contributed by atoms with E-state index in [9.17, 15) is 14.7 Å². The number of esters is 1. The molecule has 1 aromatic carbocycles. The van der Waals surface area contributed by atoms with Gasteiger partial charge >= 0.3 is 5.97 Å². The second kappa shape index (κ2) is 8.22. The molecule has 2 saturated heterocycles. The van der Waals surface area contributed by atoms with Crippen LogP contribution in [0.3, 0.4) is 0 Å². The van der Waals surface area contributed by atoms with Gasteiger partial charge in [0.1, 0.15) is 6.61 Å². The Bertz CT molecular complexity index is 1140. The normalized spacial score (nSPS) is 28.9. The number of carbonyl (C=O) groups is 2. The van der Waals surface area contributed by atoms with Gasteiger partial charge in [-0.25, -0.2) is 4.79 Å². The van der Waals surface area contributed by atoms with Crippen LogP contribution in [0.25, 0.3) is 17.0 Å². The summed E-state index contributed by atoms with van der Waals surface area (Å²) in [7, 11) is 2.11. The van der Waals surface area contributed by atoms with Gasteiger partial charge in [-0.3, -0.25) is 9.78 Å².